The van der Waals surface area contributed by atoms with E-state index in [1.807, 2.05) is 89.6 Å². The van der Waals surface area contributed by atoms with E-state index >= 15 is 0 Å². The third-order valence-corrected chi connectivity index (χ3v) is 8.48. The first kappa shape index (κ1) is 27.0. The Bertz CT molecular complexity index is 2290. The molecule has 1 aliphatic heterocycles. The summed E-state index contributed by atoms with van der Waals surface area (Å²) in [5.41, 5.74) is 5.56. The van der Waals surface area contributed by atoms with Gasteiger partial charge in [0, 0.05) is 30.1 Å². The van der Waals surface area contributed by atoms with Crippen LogP contribution in [0.3, 0.4) is 0 Å². The maximum Gasteiger partial charge on any atom is 0.284 e. The van der Waals surface area contributed by atoms with Gasteiger partial charge in [-0.1, -0.05) is 83.9 Å². The van der Waals surface area contributed by atoms with Crippen molar-refractivity contribution in [2.24, 2.45) is 4.99 Å². The van der Waals surface area contributed by atoms with Crippen molar-refractivity contribution in [2.45, 2.75) is 19.4 Å². The van der Waals surface area contributed by atoms with Crippen LogP contribution in [0.25, 0.3) is 16.7 Å². The van der Waals surface area contributed by atoms with Crippen molar-refractivity contribution in [1.29, 1.82) is 0 Å². The number of hydrogen-bond acceptors (Lipinski definition) is 6. The van der Waals surface area contributed by atoms with Gasteiger partial charge in [0.25, 0.3) is 11.5 Å². The van der Waals surface area contributed by atoms with E-state index in [1.54, 1.807) is 21.3 Å². The zero-order valence-corrected chi connectivity index (χ0v) is 25.1. The van der Waals surface area contributed by atoms with Crippen molar-refractivity contribution in [3.05, 3.63) is 153 Å². The van der Waals surface area contributed by atoms with E-state index in [0.717, 1.165) is 52.4 Å². The maximum atomic E-state index is 13.9. The Hall–Kier alpha value is -5.54. The van der Waals surface area contributed by atoms with Gasteiger partial charge >= 0.3 is 0 Å². The molecule has 0 radical (unpaired) electrons. The highest BCUT2D eigenvalue weighted by Gasteiger charge is 2.37. The molecular formula is C35H27ClN8O. The molecule has 3 aromatic carbocycles. The Labute approximate surface area is 263 Å². The molecule has 45 heavy (non-hydrogen) atoms. The van der Waals surface area contributed by atoms with Gasteiger partial charge < -0.3 is 4.90 Å². The van der Waals surface area contributed by atoms with Gasteiger partial charge in [-0.05, 0) is 49.7 Å². The normalized spacial score (nSPS) is 15.1. The van der Waals surface area contributed by atoms with Crippen molar-refractivity contribution < 1.29 is 0 Å². The summed E-state index contributed by atoms with van der Waals surface area (Å²) < 4.78 is 5.05. The number of benzene rings is 3. The van der Waals surface area contributed by atoms with E-state index in [9.17, 15) is 4.79 Å². The Morgan fingerprint density at radius 3 is 2.38 bits per heavy atom. The predicted molar refractivity (Wildman–Crippen MR) is 176 cm³/mol. The van der Waals surface area contributed by atoms with Crippen LogP contribution in [0.15, 0.2) is 125 Å². The summed E-state index contributed by atoms with van der Waals surface area (Å²) in [6.07, 6.45) is 4.41. The zero-order valence-electron chi connectivity index (χ0n) is 24.3. The quantitative estimate of drug-likeness (QED) is 0.198. The maximum absolute atomic E-state index is 13.9. The van der Waals surface area contributed by atoms with Gasteiger partial charge in [-0.15, -0.1) is 5.10 Å². The zero-order chi connectivity index (χ0) is 30.5. The van der Waals surface area contributed by atoms with E-state index in [-0.39, 0.29) is 11.6 Å². The molecule has 1 fully saturated rings. The lowest BCUT2D eigenvalue weighted by Crippen LogP contribution is -2.45. The van der Waals surface area contributed by atoms with Crippen LogP contribution in [0.1, 0.15) is 35.0 Å². The van der Waals surface area contributed by atoms with Gasteiger partial charge in [0.1, 0.15) is 11.0 Å². The van der Waals surface area contributed by atoms with Crippen molar-refractivity contribution in [3.63, 3.8) is 0 Å². The molecule has 0 unspecified atom stereocenters. The second kappa shape index (κ2) is 10.9. The highest BCUT2D eigenvalue weighted by Crippen LogP contribution is 2.39. The standard InChI is InChI=1S/C35H27ClN8O/c1-23-10-8-13-25(22-23)30(24-11-4-2-5-12-24)37-35-38-32(29-16-9-19-42(29)40-35)41-20-18-28(41)33-39-43-21-17-27(36)31(43)34(45)44(33)26-14-6-3-7-15-26/h2-17,19,21-22,28H,18,20H2,1H3/t28-/m0/s1. The molecule has 1 atom stereocenters. The summed E-state index contributed by atoms with van der Waals surface area (Å²) in [6, 6.07) is 33.3. The summed E-state index contributed by atoms with van der Waals surface area (Å²) in [4.78, 5) is 26.2. The van der Waals surface area contributed by atoms with Gasteiger partial charge in [-0.25, -0.2) is 14.0 Å². The van der Waals surface area contributed by atoms with Gasteiger partial charge in [0.2, 0.25) is 0 Å². The van der Waals surface area contributed by atoms with Crippen molar-refractivity contribution >= 4 is 40.1 Å². The molecule has 1 saturated heterocycles. The average molecular weight is 611 g/mol. The van der Waals surface area contributed by atoms with Gasteiger partial charge in [0.15, 0.2) is 11.6 Å². The Kier molecular flexibility index (Phi) is 6.53. The second-order valence-corrected chi connectivity index (χ2v) is 11.5. The minimum absolute atomic E-state index is 0.223. The Balaban J connectivity index is 1.28. The first-order valence-electron chi connectivity index (χ1n) is 14.7. The Morgan fingerprint density at radius 1 is 0.844 bits per heavy atom. The highest BCUT2D eigenvalue weighted by molar-refractivity contribution is 6.33. The highest BCUT2D eigenvalue weighted by atomic mass is 35.5. The van der Waals surface area contributed by atoms with E-state index in [4.69, 9.17) is 31.8 Å². The molecule has 1 aliphatic rings. The molecule has 0 bridgehead atoms. The average Bonchev–Trinajstić information content (AvgIpc) is 3.67. The van der Waals surface area contributed by atoms with Crippen LogP contribution < -0.4 is 10.5 Å². The molecule has 10 heteroatoms. The fraction of sp³-hybridized carbons (Fsp3) is 0.114. The van der Waals surface area contributed by atoms with Crippen LogP contribution in [-0.4, -0.2) is 41.0 Å². The smallest absolute Gasteiger partial charge is 0.284 e. The molecule has 8 rings (SSSR count). The van der Waals surface area contributed by atoms with Crippen molar-refractivity contribution in [2.75, 3.05) is 11.4 Å². The summed E-state index contributed by atoms with van der Waals surface area (Å²) >= 11 is 6.43. The number of para-hydroxylation sites is 1. The minimum Gasteiger partial charge on any atom is -0.344 e. The molecule has 0 N–H and O–H groups in total. The molecule has 4 aromatic heterocycles. The number of anilines is 1. The molecule has 0 spiro atoms. The topological polar surface area (TPSA) is 85.1 Å². The lowest BCUT2D eigenvalue weighted by Gasteiger charge is -2.42. The second-order valence-electron chi connectivity index (χ2n) is 11.1. The molecular weight excluding hydrogens is 584 g/mol. The first-order chi connectivity index (χ1) is 22.0. The van der Waals surface area contributed by atoms with E-state index in [0.29, 0.717) is 22.3 Å². The number of hydrogen-bond donors (Lipinski definition) is 0. The molecule has 9 nitrogen and oxygen atoms in total. The third-order valence-electron chi connectivity index (χ3n) is 8.18. The number of fused-ring (bicyclic) bond motifs is 2. The van der Waals surface area contributed by atoms with Gasteiger partial charge in [-0.2, -0.15) is 10.1 Å². The number of rotatable bonds is 6. The Morgan fingerprint density at radius 2 is 1.62 bits per heavy atom. The number of halogens is 1. The summed E-state index contributed by atoms with van der Waals surface area (Å²) in [5.74, 6) is 1.66. The molecule has 7 aromatic rings. The largest absolute Gasteiger partial charge is 0.344 e. The lowest BCUT2D eigenvalue weighted by atomic mass is 10.0. The fourth-order valence-electron chi connectivity index (χ4n) is 5.95. The fourth-order valence-corrected chi connectivity index (χ4v) is 6.17. The van der Waals surface area contributed by atoms with Crippen molar-refractivity contribution in [3.8, 4) is 5.69 Å². The number of nitrogens with zero attached hydrogens (tertiary/aromatic N) is 8. The number of aromatic nitrogens is 6. The monoisotopic (exact) mass is 610 g/mol. The number of aliphatic imine (C=N–C) groups is 1. The molecule has 0 saturated carbocycles. The summed E-state index contributed by atoms with van der Waals surface area (Å²) in [6.45, 7) is 2.79. The molecule has 0 amide bonds. The van der Waals surface area contributed by atoms with Gasteiger partial charge in [-0.3, -0.25) is 9.36 Å². The minimum atomic E-state index is -0.223. The predicted octanol–water partition coefficient (Wildman–Crippen LogP) is 6.61. The van der Waals surface area contributed by atoms with E-state index < -0.39 is 0 Å². The van der Waals surface area contributed by atoms with E-state index in [1.165, 1.54) is 0 Å². The number of aryl methyl sites for hydroxylation is 1. The van der Waals surface area contributed by atoms with Crippen LogP contribution >= 0.6 is 11.6 Å². The summed E-state index contributed by atoms with van der Waals surface area (Å²) in [5, 5.41) is 10.1. The van der Waals surface area contributed by atoms with Crippen molar-refractivity contribution in [1.82, 2.24) is 28.8 Å². The molecule has 0 aliphatic carbocycles. The summed E-state index contributed by atoms with van der Waals surface area (Å²) in [7, 11) is 0. The van der Waals surface area contributed by atoms with Gasteiger partial charge in [0.05, 0.1) is 22.5 Å². The lowest BCUT2D eigenvalue weighted by molar-refractivity contribution is 0.423. The molecule has 5 heterocycles. The third kappa shape index (κ3) is 4.69. The van der Waals surface area contributed by atoms with Crippen LogP contribution in [0.2, 0.25) is 5.02 Å². The van der Waals surface area contributed by atoms with E-state index in [2.05, 4.69) is 30.0 Å². The van der Waals surface area contributed by atoms with Crippen LogP contribution in [0.5, 0.6) is 0 Å². The van der Waals surface area contributed by atoms with Crippen LogP contribution in [-0.2, 0) is 0 Å². The first-order valence-corrected chi connectivity index (χ1v) is 15.1. The molecule has 220 valence electrons. The SMILES string of the molecule is Cc1cccc(C(=Nc2nc(N3CC[C@H]3c3nn4ccc(Cl)c4c(=O)n3-c3ccccc3)c3cccn3n2)c2ccccc2)c1. The van der Waals surface area contributed by atoms with Crippen LogP contribution in [0, 0.1) is 6.92 Å². The van der Waals surface area contributed by atoms with Crippen LogP contribution in [0.4, 0.5) is 11.8 Å².